The van der Waals surface area contributed by atoms with Gasteiger partial charge in [0.1, 0.15) is 11.6 Å². The van der Waals surface area contributed by atoms with E-state index in [-0.39, 0.29) is 6.04 Å². The van der Waals surface area contributed by atoms with Crippen molar-refractivity contribution in [2.75, 3.05) is 0 Å². The third-order valence-electron chi connectivity index (χ3n) is 2.60. The van der Waals surface area contributed by atoms with E-state index in [1.54, 1.807) is 0 Å². The van der Waals surface area contributed by atoms with Crippen molar-refractivity contribution in [3.63, 3.8) is 0 Å². The molecule has 0 radical (unpaired) electrons. The van der Waals surface area contributed by atoms with Crippen LogP contribution in [0.3, 0.4) is 0 Å². The SMILES string of the molecule is NC(CC1CC1)c1cc(F)cc(F)c1. The van der Waals surface area contributed by atoms with Crippen LogP contribution >= 0.6 is 0 Å². The Morgan fingerprint density at radius 2 is 1.79 bits per heavy atom. The van der Waals surface area contributed by atoms with Crippen molar-refractivity contribution in [2.24, 2.45) is 11.7 Å². The molecule has 1 nitrogen and oxygen atoms in total. The largest absolute Gasteiger partial charge is 0.324 e. The average molecular weight is 197 g/mol. The minimum Gasteiger partial charge on any atom is -0.324 e. The van der Waals surface area contributed by atoms with Gasteiger partial charge in [-0.1, -0.05) is 12.8 Å². The van der Waals surface area contributed by atoms with E-state index < -0.39 is 11.6 Å². The second kappa shape index (κ2) is 3.65. The van der Waals surface area contributed by atoms with E-state index in [1.165, 1.54) is 25.0 Å². The van der Waals surface area contributed by atoms with Crippen molar-refractivity contribution in [3.05, 3.63) is 35.4 Å². The molecule has 1 aliphatic rings. The first-order valence-corrected chi connectivity index (χ1v) is 4.87. The van der Waals surface area contributed by atoms with Crippen molar-refractivity contribution in [3.8, 4) is 0 Å². The molecule has 1 aromatic rings. The summed E-state index contributed by atoms with van der Waals surface area (Å²) in [5, 5.41) is 0. The molecule has 0 spiro atoms. The molecule has 3 heteroatoms. The molecule has 1 unspecified atom stereocenters. The summed E-state index contributed by atoms with van der Waals surface area (Å²) in [7, 11) is 0. The van der Waals surface area contributed by atoms with Crippen molar-refractivity contribution in [1.29, 1.82) is 0 Å². The van der Waals surface area contributed by atoms with Gasteiger partial charge < -0.3 is 5.73 Å². The predicted octanol–water partition coefficient (Wildman–Crippen LogP) is 2.76. The van der Waals surface area contributed by atoms with Gasteiger partial charge in [0, 0.05) is 12.1 Å². The minimum absolute atomic E-state index is 0.229. The zero-order valence-electron chi connectivity index (χ0n) is 7.84. The maximum atomic E-state index is 12.8. The minimum atomic E-state index is -0.550. The van der Waals surface area contributed by atoms with Gasteiger partial charge in [0.15, 0.2) is 0 Å². The molecule has 0 bridgehead atoms. The van der Waals surface area contributed by atoms with Crippen LogP contribution < -0.4 is 5.73 Å². The Balaban J connectivity index is 2.12. The maximum absolute atomic E-state index is 12.8. The Hall–Kier alpha value is -0.960. The van der Waals surface area contributed by atoms with Gasteiger partial charge in [-0.25, -0.2) is 8.78 Å². The summed E-state index contributed by atoms with van der Waals surface area (Å²) >= 11 is 0. The van der Waals surface area contributed by atoms with Gasteiger partial charge in [-0.2, -0.15) is 0 Å². The average Bonchev–Trinajstić information content (AvgIpc) is 2.86. The first-order valence-electron chi connectivity index (χ1n) is 4.87. The van der Waals surface area contributed by atoms with Crippen molar-refractivity contribution in [2.45, 2.75) is 25.3 Å². The van der Waals surface area contributed by atoms with Crippen LogP contribution in [0.4, 0.5) is 8.78 Å². The van der Waals surface area contributed by atoms with E-state index in [4.69, 9.17) is 5.73 Å². The third kappa shape index (κ3) is 2.29. The molecule has 0 heterocycles. The van der Waals surface area contributed by atoms with Gasteiger partial charge in [-0.05, 0) is 30.0 Å². The van der Waals surface area contributed by atoms with E-state index in [0.29, 0.717) is 11.5 Å². The lowest BCUT2D eigenvalue weighted by Gasteiger charge is -2.11. The Kier molecular flexibility index (Phi) is 2.50. The summed E-state index contributed by atoms with van der Waals surface area (Å²) < 4.78 is 25.7. The van der Waals surface area contributed by atoms with Crippen LogP contribution in [0.5, 0.6) is 0 Å². The molecule has 1 atom stereocenters. The molecule has 1 saturated carbocycles. The Morgan fingerprint density at radius 3 is 2.29 bits per heavy atom. The van der Waals surface area contributed by atoms with Crippen LogP contribution in [-0.4, -0.2) is 0 Å². The van der Waals surface area contributed by atoms with E-state index >= 15 is 0 Å². The predicted molar refractivity (Wildman–Crippen MR) is 50.6 cm³/mol. The van der Waals surface area contributed by atoms with E-state index in [0.717, 1.165) is 12.5 Å². The normalized spacial score (nSPS) is 18.2. The van der Waals surface area contributed by atoms with Gasteiger partial charge >= 0.3 is 0 Å². The highest BCUT2D eigenvalue weighted by atomic mass is 19.1. The Labute approximate surface area is 81.9 Å². The van der Waals surface area contributed by atoms with Gasteiger partial charge in [0.2, 0.25) is 0 Å². The smallest absolute Gasteiger partial charge is 0.126 e. The summed E-state index contributed by atoms with van der Waals surface area (Å²) in [6.45, 7) is 0. The molecule has 2 N–H and O–H groups in total. The van der Waals surface area contributed by atoms with Crippen LogP contribution in [0, 0.1) is 17.6 Å². The fourth-order valence-corrected chi connectivity index (χ4v) is 1.64. The number of rotatable bonds is 3. The maximum Gasteiger partial charge on any atom is 0.126 e. The first-order chi connectivity index (χ1) is 6.65. The zero-order chi connectivity index (χ0) is 10.1. The lowest BCUT2D eigenvalue weighted by Crippen LogP contribution is -2.11. The number of nitrogens with two attached hydrogens (primary N) is 1. The second-order valence-electron chi connectivity index (χ2n) is 3.99. The number of benzene rings is 1. The van der Waals surface area contributed by atoms with E-state index in [2.05, 4.69) is 0 Å². The Bertz CT molecular complexity index is 314. The highest BCUT2D eigenvalue weighted by molar-refractivity contribution is 5.21. The van der Waals surface area contributed by atoms with Crippen LogP contribution in [0.25, 0.3) is 0 Å². The molecule has 0 amide bonds. The highest BCUT2D eigenvalue weighted by Gasteiger charge is 2.24. The summed E-state index contributed by atoms with van der Waals surface area (Å²) in [4.78, 5) is 0. The van der Waals surface area contributed by atoms with Gasteiger partial charge in [0.05, 0.1) is 0 Å². The van der Waals surface area contributed by atoms with Crippen molar-refractivity contribution < 1.29 is 8.78 Å². The lowest BCUT2D eigenvalue weighted by atomic mass is 10.0. The molecule has 1 aliphatic carbocycles. The monoisotopic (exact) mass is 197 g/mol. The molecular formula is C11H13F2N. The van der Waals surface area contributed by atoms with Gasteiger partial charge in [-0.15, -0.1) is 0 Å². The summed E-state index contributed by atoms with van der Waals surface area (Å²) in [5.74, 6) is -0.436. The third-order valence-corrected chi connectivity index (χ3v) is 2.60. The fraction of sp³-hybridized carbons (Fsp3) is 0.455. The number of hydrogen-bond acceptors (Lipinski definition) is 1. The quantitative estimate of drug-likeness (QED) is 0.792. The first kappa shape index (κ1) is 9.59. The molecule has 14 heavy (non-hydrogen) atoms. The van der Waals surface area contributed by atoms with E-state index in [9.17, 15) is 8.78 Å². The summed E-state index contributed by atoms with van der Waals surface area (Å²) in [6.07, 6.45) is 3.24. The topological polar surface area (TPSA) is 26.0 Å². The number of halogens is 2. The van der Waals surface area contributed by atoms with Crippen molar-refractivity contribution in [1.82, 2.24) is 0 Å². The van der Waals surface area contributed by atoms with Gasteiger partial charge in [0.25, 0.3) is 0 Å². The Morgan fingerprint density at radius 1 is 1.21 bits per heavy atom. The van der Waals surface area contributed by atoms with Gasteiger partial charge in [-0.3, -0.25) is 0 Å². The fourth-order valence-electron chi connectivity index (χ4n) is 1.64. The van der Waals surface area contributed by atoms with Crippen molar-refractivity contribution >= 4 is 0 Å². The van der Waals surface area contributed by atoms with Crippen LogP contribution in [0.15, 0.2) is 18.2 Å². The lowest BCUT2D eigenvalue weighted by molar-refractivity contribution is 0.556. The zero-order valence-corrected chi connectivity index (χ0v) is 7.84. The molecule has 1 fully saturated rings. The molecule has 0 aromatic heterocycles. The van der Waals surface area contributed by atoms with E-state index in [1.807, 2.05) is 0 Å². The van der Waals surface area contributed by atoms with Crippen LogP contribution in [0.1, 0.15) is 30.9 Å². The standard InChI is InChI=1S/C11H13F2N/c12-9-4-8(5-10(13)6-9)11(14)3-7-1-2-7/h4-7,11H,1-3,14H2. The molecule has 0 aliphatic heterocycles. The molecular weight excluding hydrogens is 184 g/mol. The summed E-state index contributed by atoms with van der Waals surface area (Å²) in [6, 6.07) is 3.27. The van der Waals surface area contributed by atoms with Crippen LogP contribution in [-0.2, 0) is 0 Å². The second-order valence-corrected chi connectivity index (χ2v) is 3.99. The number of hydrogen-bond donors (Lipinski definition) is 1. The summed E-state index contributed by atoms with van der Waals surface area (Å²) in [5.41, 5.74) is 6.40. The molecule has 1 aromatic carbocycles. The van der Waals surface area contributed by atoms with Crippen LogP contribution in [0.2, 0.25) is 0 Å². The molecule has 0 saturated heterocycles. The highest BCUT2D eigenvalue weighted by Crippen LogP contribution is 2.36. The molecule has 76 valence electrons. The molecule has 2 rings (SSSR count).